The molecule has 0 spiro atoms. The van der Waals surface area contributed by atoms with E-state index in [0.717, 1.165) is 0 Å². The van der Waals surface area contributed by atoms with Crippen LogP contribution in [0.4, 0.5) is 0 Å². The molecule has 1 unspecified atom stereocenters. The molecule has 1 rings (SSSR count). The Morgan fingerprint density at radius 3 is 1.94 bits per heavy atom. The van der Waals surface area contributed by atoms with Crippen molar-refractivity contribution in [3.8, 4) is 0 Å². The SMILES string of the molecule is C=CC(c1ccccc1)[P+](CC)(CC)CC. The fourth-order valence-corrected chi connectivity index (χ4v) is 6.36. The molecule has 1 heteroatoms. The third kappa shape index (κ3) is 2.55. The van der Waals surface area contributed by atoms with Crippen molar-refractivity contribution in [1.82, 2.24) is 0 Å². The van der Waals surface area contributed by atoms with Gasteiger partial charge in [-0.15, -0.1) is 0 Å². The molecular formula is C15H24P+. The summed E-state index contributed by atoms with van der Waals surface area (Å²) in [6, 6.07) is 10.9. The second-order valence-electron chi connectivity index (χ2n) is 4.26. The van der Waals surface area contributed by atoms with Crippen molar-refractivity contribution in [3.05, 3.63) is 48.6 Å². The highest BCUT2D eigenvalue weighted by atomic mass is 31.2. The van der Waals surface area contributed by atoms with E-state index in [-0.39, 0.29) is 0 Å². The molecule has 1 aromatic rings. The predicted octanol–water partition coefficient (Wildman–Crippen LogP) is 4.99. The summed E-state index contributed by atoms with van der Waals surface area (Å²) < 4.78 is 0. The van der Waals surface area contributed by atoms with Crippen LogP contribution in [0.25, 0.3) is 0 Å². The van der Waals surface area contributed by atoms with Crippen LogP contribution < -0.4 is 0 Å². The fraction of sp³-hybridized carbons (Fsp3) is 0.467. The van der Waals surface area contributed by atoms with Gasteiger partial charge in [0, 0.05) is 7.26 Å². The molecule has 0 bridgehead atoms. The Hall–Kier alpha value is -0.610. The maximum absolute atomic E-state index is 4.07. The van der Waals surface area contributed by atoms with Crippen LogP contribution in [0.2, 0.25) is 0 Å². The molecule has 1 aromatic carbocycles. The van der Waals surface area contributed by atoms with Crippen molar-refractivity contribution in [1.29, 1.82) is 0 Å². The zero-order valence-corrected chi connectivity index (χ0v) is 11.7. The van der Waals surface area contributed by atoms with E-state index in [4.69, 9.17) is 0 Å². The normalized spacial score (nSPS) is 13.4. The minimum Gasteiger partial charge on any atom is -0.0989 e. The van der Waals surface area contributed by atoms with E-state index in [0.29, 0.717) is 5.66 Å². The third-order valence-corrected chi connectivity index (χ3v) is 9.31. The van der Waals surface area contributed by atoms with Gasteiger partial charge in [-0.1, -0.05) is 36.9 Å². The van der Waals surface area contributed by atoms with E-state index < -0.39 is 7.26 Å². The summed E-state index contributed by atoms with van der Waals surface area (Å²) in [7, 11) is -0.889. The molecule has 0 N–H and O–H groups in total. The predicted molar refractivity (Wildman–Crippen MR) is 77.9 cm³/mol. The van der Waals surface area contributed by atoms with E-state index in [9.17, 15) is 0 Å². The molecule has 0 aromatic heterocycles. The van der Waals surface area contributed by atoms with Gasteiger partial charge in [0.15, 0.2) is 0 Å². The summed E-state index contributed by atoms with van der Waals surface area (Å²) >= 11 is 0. The molecule has 0 saturated heterocycles. The zero-order valence-electron chi connectivity index (χ0n) is 10.8. The smallest absolute Gasteiger partial charge is 0.0989 e. The Bertz CT molecular complexity index is 303. The van der Waals surface area contributed by atoms with Gasteiger partial charge < -0.3 is 0 Å². The Labute approximate surface area is 101 Å². The summed E-state index contributed by atoms with van der Waals surface area (Å²) in [6.07, 6.45) is 6.16. The second kappa shape index (κ2) is 6.21. The third-order valence-electron chi connectivity index (χ3n) is 3.84. The van der Waals surface area contributed by atoms with Gasteiger partial charge in [0.05, 0.1) is 18.5 Å². The first-order chi connectivity index (χ1) is 7.74. The zero-order chi connectivity index (χ0) is 12.0. The molecule has 88 valence electrons. The molecular weight excluding hydrogens is 211 g/mol. The highest BCUT2D eigenvalue weighted by Gasteiger charge is 2.39. The maximum Gasteiger partial charge on any atom is 0.112 e. The summed E-state index contributed by atoms with van der Waals surface area (Å²) in [6.45, 7) is 11.1. The largest absolute Gasteiger partial charge is 0.112 e. The first-order valence-corrected chi connectivity index (χ1v) is 8.68. The van der Waals surface area contributed by atoms with E-state index in [1.54, 1.807) is 0 Å². The van der Waals surface area contributed by atoms with Crippen molar-refractivity contribution in [2.75, 3.05) is 18.5 Å². The summed E-state index contributed by atoms with van der Waals surface area (Å²) in [5.41, 5.74) is 2.05. The van der Waals surface area contributed by atoms with E-state index in [2.05, 4.69) is 63.8 Å². The summed E-state index contributed by atoms with van der Waals surface area (Å²) in [5.74, 6) is 0. The van der Waals surface area contributed by atoms with Crippen molar-refractivity contribution < 1.29 is 0 Å². The number of hydrogen-bond acceptors (Lipinski definition) is 0. The lowest BCUT2D eigenvalue weighted by Crippen LogP contribution is -2.11. The highest BCUT2D eigenvalue weighted by molar-refractivity contribution is 7.76. The number of allylic oxidation sites excluding steroid dienone is 1. The quantitative estimate of drug-likeness (QED) is 0.481. The lowest BCUT2D eigenvalue weighted by Gasteiger charge is -2.31. The van der Waals surface area contributed by atoms with Crippen LogP contribution in [0.5, 0.6) is 0 Å². The first kappa shape index (κ1) is 13.5. The van der Waals surface area contributed by atoms with Crippen LogP contribution in [-0.4, -0.2) is 18.5 Å². The van der Waals surface area contributed by atoms with Gasteiger partial charge in [0.1, 0.15) is 5.66 Å². The molecule has 16 heavy (non-hydrogen) atoms. The van der Waals surface area contributed by atoms with Crippen LogP contribution in [-0.2, 0) is 0 Å². The molecule has 1 atom stereocenters. The second-order valence-corrected chi connectivity index (χ2v) is 9.15. The van der Waals surface area contributed by atoms with Gasteiger partial charge >= 0.3 is 0 Å². The average molecular weight is 235 g/mol. The van der Waals surface area contributed by atoms with Crippen LogP contribution in [0.15, 0.2) is 43.0 Å². The lowest BCUT2D eigenvalue weighted by molar-refractivity contribution is 1.12. The Kier molecular flexibility index (Phi) is 5.22. The number of benzene rings is 1. The standard InChI is InChI=1S/C15H24P/c1-5-15(14-12-10-9-11-13-14)16(6-2,7-3)8-4/h5,9-13,15H,1,6-8H2,2-4H3/q+1. The first-order valence-electron chi connectivity index (χ1n) is 6.27. The van der Waals surface area contributed by atoms with Gasteiger partial charge in [-0.2, -0.15) is 0 Å². The summed E-state index contributed by atoms with van der Waals surface area (Å²) in [4.78, 5) is 0. The fourth-order valence-electron chi connectivity index (χ4n) is 2.59. The van der Waals surface area contributed by atoms with E-state index in [1.807, 2.05) is 0 Å². The van der Waals surface area contributed by atoms with E-state index in [1.165, 1.54) is 24.0 Å². The molecule has 0 aliphatic carbocycles. The van der Waals surface area contributed by atoms with E-state index >= 15 is 0 Å². The van der Waals surface area contributed by atoms with Gasteiger partial charge in [-0.3, -0.25) is 0 Å². The van der Waals surface area contributed by atoms with Gasteiger partial charge in [-0.05, 0) is 32.4 Å². The molecule has 0 aliphatic rings. The monoisotopic (exact) mass is 235 g/mol. The molecule has 0 heterocycles. The Balaban J connectivity index is 3.10. The van der Waals surface area contributed by atoms with Crippen molar-refractivity contribution in [2.24, 2.45) is 0 Å². The molecule has 0 radical (unpaired) electrons. The highest BCUT2D eigenvalue weighted by Crippen LogP contribution is 2.69. The molecule has 0 amide bonds. The summed E-state index contributed by atoms with van der Waals surface area (Å²) in [5, 5.41) is 0. The molecule has 0 aliphatic heterocycles. The topological polar surface area (TPSA) is 0 Å². The molecule has 0 saturated carbocycles. The minimum atomic E-state index is -0.889. The van der Waals surface area contributed by atoms with Gasteiger partial charge in [-0.25, -0.2) is 0 Å². The van der Waals surface area contributed by atoms with Crippen molar-refractivity contribution in [3.63, 3.8) is 0 Å². The molecule has 0 nitrogen and oxygen atoms in total. The minimum absolute atomic E-state index is 0.591. The van der Waals surface area contributed by atoms with Crippen molar-refractivity contribution in [2.45, 2.75) is 26.4 Å². The number of hydrogen-bond donors (Lipinski definition) is 0. The van der Waals surface area contributed by atoms with Crippen LogP contribution in [0.3, 0.4) is 0 Å². The van der Waals surface area contributed by atoms with Crippen LogP contribution >= 0.6 is 7.26 Å². The average Bonchev–Trinajstić information content (AvgIpc) is 2.37. The van der Waals surface area contributed by atoms with Crippen LogP contribution in [0.1, 0.15) is 32.0 Å². The maximum atomic E-state index is 4.07. The van der Waals surface area contributed by atoms with Gasteiger partial charge in [0.25, 0.3) is 0 Å². The molecule has 0 fully saturated rings. The Morgan fingerprint density at radius 2 is 1.56 bits per heavy atom. The van der Waals surface area contributed by atoms with Crippen LogP contribution in [0, 0.1) is 0 Å². The lowest BCUT2D eigenvalue weighted by atomic mass is 10.1. The Morgan fingerprint density at radius 1 is 1.06 bits per heavy atom. The van der Waals surface area contributed by atoms with Gasteiger partial charge in [0.2, 0.25) is 0 Å². The number of rotatable bonds is 6. The van der Waals surface area contributed by atoms with Crippen molar-refractivity contribution >= 4 is 7.26 Å².